The molecule has 0 radical (unpaired) electrons. The molecule has 1 amide bonds. The number of allylic oxidation sites excluding steroid dienone is 3. The van der Waals surface area contributed by atoms with Gasteiger partial charge in [-0.05, 0) is 11.6 Å². The number of ether oxygens (including phenoxy) is 1. The number of rotatable bonds is 3. The third kappa shape index (κ3) is 4.91. The van der Waals surface area contributed by atoms with Crippen molar-refractivity contribution in [2.45, 2.75) is 0 Å². The summed E-state index contributed by atoms with van der Waals surface area (Å²) < 4.78 is 4.34. The van der Waals surface area contributed by atoms with E-state index in [-0.39, 0.29) is 0 Å². The molecular formula is C13H13NO2. The third-order valence-corrected chi connectivity index (χ3v) is 1.75. The summed E-state index contributed by atoms with van der Waals surface area (Å²) in [5.74, 6) is 0. The standard InChI is InChI=1S/C13H13NO2/c1-16-13(15)14-11-7-3-6-10-12-8-4-2-5-9-12/h2-11H,1H3/b7-3-,10-6-,14-11+. The molecule has 1 aromatic carbocycles. The first-order valence-corrected chi connectivity index (χ1v) is 4.83. The number of methoxy groups -OCH3 is 1. The molecule has 16 heavy (non-hydrogen) atoms. The zero-order valence-electron chi connectivity index (χ0n) is 9.04. The maximum atomic E-state index is 10.6. The number of amides is 1. The van der Waals surface area contributed by atoms with Gasteiger partial charge in [0.25, 0.3) is 0 Å². The largest absolute Gasteiger partial charge is 0.451 e. The minimum atomic E-state index is -0.600. The molecule has 0 atom stereocenters. The summed E-state index contributed by atoms with van der Waals surface area (Å²) in [7, 11) is 1.29. The molecule has 1 rings (SSSR count). The predicted octanol–water partition coefficient (Wildman–Crippen LogP) is 3.09. The Bertz CT molecular complexity index is 405. The lowest BCUT2D eigenvalue weighted by atomic mass is 10.2. The lowest BCUT2D eigenvalue weighted by Crippen LogP contribution is -1.91. The van der Waals surface area contributed by atoms with Crippen LogP contribution in [0.2, 0.25) is 0 Å². The summed E-state index contributed by atoms with van der Waals surface area (Å²) in [6, 6.07) is 9.93. The lowest BCUT2D eigenvalue weighted by Gasteiger charge is -1.88. The first kappa shape index (κ1) is 11.9. The summed E-state index contributed by atoms with van der Waals surface area (Å²) in [6.07, 6.45) is 8.08. The van der Waals surface area contributed by atoms with E-state index in [1.807, 2.05) is 42.5 Å². The van der Waals surface area contributed by atoms with Crippen LogP contribution >= 0.6 is 0 Å². The Kier molecular flexibility index (Phi) is 5.34. The Morgan fingerprint density at radius 2 is 1.94 bits per heavy atom. The second kappa shape index (κ2) is 7.17. The fourth-order valence-corrected chi connectivity index (χ4v) is 1.00. The van der Waals surface area contributed by atoms with Gasteiger partial charge in [-0.25, -0.2) is 4.79 Å². The number of hydrogen-bond donors (Lipinski definition) is 0. The first-order valence-electron chi connectivity index (χ1n) is 4.83. The van der Waals surface area contributed by atoms with Crippen LogP contribution < -0.4 is 0 Å². The smallest absolute Gasteiger partial charge is 0.433 e. The van der Waals surface area contributed by atoms with E-state index in [4.69, 9.17) is 0 Å². The maximum Gasteiger partial charge on any atom is 0.433 e. The molecule has 0 N–H and O–H groups in total. The van der Waals surface area contributed by atoms with Crippen LogP contribution in [0.15, 0.2) is 53.6 Å². The molecule has 0 saturated heterocycles. The van der Waals surface area contributed by atoms with E-state index in [1.165, 1.54) is 13.3 Å². The molecule has 0 bridgehead atoms. The molecule has 0 aromatic heterocycles. The minimum Gasteiger partial charge on any atom is -0.451 e. The predicted molar refractivity (Wildman–Crippen MR) is 65.5 cm³/mol. The highest BCUT2D eigenvalue weighted by Crippen LogP contribution is 2.00. The van der Waals surface area contributed by atoms with Gasteiger partial charge in [-0.3, -0.25) is 0 Å². The lowest BCUT2D eigenvalue weighted by molar-refractivity contribution is 0.183. The molecule has 0 saturated carbocycles. The number of nitrogens with zero attached hydrogens (tertiary/aromatic N) is 1. The van der Waals surface area contributed by atoms with Crippen molar-refractivity contribution in [1.82, 2.24) is 0 Å². The van der Waals surface area contributed by atoms with Gasteiger partial charge in [0.2, 0.25) is 0 Å². The van der Waals surface area contributed by atoms with Crippen molar-refractivity contribution in [2.75, 3.05) is 7.11 Å². The summed E-state index contributed by atoms with van der Waals surface area (Å²) in [5.41, 5.74) is 1.12. The molecule has 3 nitrogen and oxygen atoms in total. The molecule has 3 heteroatoms. The van der Waals surface area contributed by atoms with E-state index < -0.39 is 6.09 Å². The number of aliphatic imine (C=N–C) groups is 1. The van der Waals surface area contributed by atoms with Gasteiger partial charge in [0.05, 0.1) is 7.11 Å². The van der Waals surface area contributed by atoms with E-state index in [1.54, 1.807) is 12.2 Å². The quantitative estimate of drug-likeness (QED) is 0.574. The van der Waals surface area contributed by atoms with Crippen molar-refractivity contribution in [1.29, 1.82) is 0 Å². The molecule has 0 aliphatic heterocycles. The van der Waals surface area contributed by atoms with Crippen molar-refractivity contribution in [3.63, 3.8) is 0 Å². The monoisotopic (exact) mass is 215 g/mol. The molecule has 0 heterocycles. The molecule has 0 fully saturated rings. The topological polar surface area (TPSA) is 38.7 Å². The summed E-state index contributed by atoms with van der Waals surface area (Å²) in [4.78, 5) is 14.1. The highest BCUT2D eigenvalue weighted by molar-refractivity contribution is 5.84. The van der Waals surface area contributed by atoms with Crippen LogP contribution in [0.4, 0.5) is 4.79 Å². The summed E-state index contributed by atoms with van der Waals surface area (Å²) in [6.45, 7) is 0. The summed E-state index contributed by atoms with van der Waals surface area (Å²) in [5, 5.41) is 0. The Balaban J connectivity index is 2.40. The van der Waals surface area contributed by atoms with Crippen molar-refractivity contribution >= 4 is 18.4 Å². The van der Waals surface area contributed by atoms with E-state index in [0.29, 0.717) is 0 Å². The maximum absolute atomic E-state index is 10.6. The van der Waals surface area contributed by atoms with Gasteiger partial charge >= 0.3 is 6.09 Å². The molecule has 1 aromatic rings. The van der Waals surface area contributed by atoms with Crippen LogP contribution in [0.3, 0.4) is 0 Å². The van der Waals surface area contributed by atoms with Gasteiger partial charge in [0.15, 0.2) is 0 Å². The molecule has 0 spiro atoms. The van der Waals surface area contributed by atoms with Crippen LogP contribution in [-0.2, 0) is 4.74 Å². The van der Waals surface area contributed by atoms with Crippen molar-refractivity contribution in [3.8, 4) is 0 Å². The van der Waals surface area contributed by atoms with E-state index in [0.717, 1.165) is 5.56 Å². The van der Waals surface area contributed by atoms with Gasteiger partial charge in [0.1, 0.15) is 0 Å². The van der Waals surface area contributed by atoms with Gasteiger partial charge in [-0.2, -0.15) is 4.99 Å². The van der Waals surface area contributed by atoms with Gasteiger partial charge in [-0.15, -0.1) is 0 Å². The normalized spacial score (nSPS) is 11.6. The van der Waals surface area contributed by atoms with Crippen LogP contribution in [0, 0.1) is 0 Å². The van der Waals surface area contributed by atoms with Crippen LogP contribution in [0.5, 0.6) is 0 Å². The van der Waals surface area contributed by atoms with Gasteiger partial charge < -0.3 is 4.74 Å². The third-order valence-electron chi connectivity index (χ3n) is 1.75. The Labute approximate surface area is 94.8 Å². The summed E-state index contributed by atoms with van der Waals surface area (Å²) >= 11 is 0. The number of carbonyl (C=O) groups excluding carboxylic acids is 1. The second-order valence-corrected chi connectivity index (χ2v) is 2.90. The SMILES string of the molecule is COC(=O)/N=C/C=C\C=C/c1ccccc1. The Morgan fingerprint density at radius 1 is 1.19 bits per heavy atom. The number of benzene rings is 1. The zero-order chi connectivity index (χ0) is 11.6. The van der Waals surface area contributed by atoms with E-state index >= 15 is 0 Å². The van der Waals surface area contributed by atoms with Crippen LogP contribution in [0.1, 0.15) is 5.56 Å². The van der Waals surface area contributed by atoms with E-state index in [2.05, 4.69) is 9.73 Å². The Hall–Kier alpha value is -2.16. The molecule has 0 aliphatic carbocycles. The second-order valence-electron chi connectivity index (χ2n) is 2.90. The fourth-order valence-electron chi connectivity index (χ4n) is 1.00. The molecule has 0 unspecified atom stereocenters. The first-order chi connectivity index (χ1) is 7.83. The average Bonchev–Trinajstić information content (AvgIpc) is 2.34. The molecule has 82 valence electrons. The van der Waals surface area contributed by atoms with Crippen molar-refractivity contribution < 1.29 is 9.53 Å². The van der Waals surface area contributed by atoms with Gasteiger partial charge in [0, 0.05) is 6.21 Å². The van der Waals surface area contributed by atoms with Crippen molar-refractivity contribution in [3.05, 3.63) is 54.1 Å². The minimum absolute atomic E-state index is 0.600. The van der Waals surface area contributed by atoms with Crippen LogP contribution in [0.25, 0.3) is 6.08 Å². The highest BCUT2D eigenvalue weighted by atomic mass is 16.5. The average molecular weight is 215 g/mol. The molecular weight excluding hydrogens is 202 g/mol. The van der Waals surface area contributed by atoms with E-state index in [9.17, 15) is 4.79 Å². The zero-order valence-corrected chi connectivity index (χ0v) is 9.04. The van der Waals surface area contributed by atoms with Gasteiger partial charge in [-0.1, -0.05) is 48.6 Å². The molecule has 0 aliphatic rings. The number of carbonyl (C=O) groups is 1. The van der Waals surface area contributed by atoms with Crippen molar-refractivity contribution in [2.24, 2.45) is 4.99 Å². The highest BCUT2D eigenvalue weighted by Gasteiger charge is 1.87. The Morgan fingerprint density at radius 3 is 2.62 bits per heavy atom. The fraction of sp³-hybridized carbons (Fsp3) is 0.0769. The van der Waals surface area contributed by atoms with Crippen LogP contribution in [-0.4, -0.2) is 19.4 Å². The number of hydrogen-bond acceptors (Lipinski definition) is 2.